The lowest BCUT2D eigenvalue weighted by Gasteiger charge is -2.13. The maximum absolute atomic E-state index is 13.1. The highest BCUT2D eigenvalue weighted by Crippen LogP contribution is 2.29. The Morgan fingerprint density at radius 3 is 2.25 bits per heavy atom. The molecule has 0 spiro atoms. The molecule has 0 aromatic heterocycles. The van der Waals surface area contributed by atoms with E-state index in [9.17, 15) is 8.78 Å². The maximum Gasteiger partial charge on any atom is 0.159 e. The highest BCUT2D eigenvalue weighted by molar-refractivity contribution is 7.99. The predicted octanol–water partition coefficient (Wildman–Crippen LogP) is 4.79. The third-order valence-corrected chi connectivity index (χ3v) is 4.01. The van der Waals surface area contributed by atoms with Gasteiger partial charge in [0, 0.05) is 15.8 Å². The van der Waals surface area contributed by atoms with Crippen molar-refractivity contribution in [3.63, 3.8) is 0 Å². The zero-order valence-corrected chi connectivity index (χ0v) is 12.3. The number of benzene rings is 2. The topological polar surface area (TPSA) is 12.0 Å². The van der Waals surface area contributed by atoms with E-state index in [1.165, 1.54) is 23.4 Å². The van der Waals surface area contributed by atoms with Gasteiger partial charge >= 0.3 is 0 Å². The molecular formula is C16H17F2NS. The van der Waals surface area contributed by atoms with Crippen molar-refractivity contribution in [1.29, 1.82) is 0 Å². The van der Waals surface area contributed by atoms with E-state index >= 15 is 0 Å². The molecule has 4 heteroatoms. The van der Waals surface area contributed by atoms with Gasteiger partial charge in [-0.1, -0.05) is 30.8 Å². The van der Waals surface area contributed by atoms with Gasteiger partial charge in [0.05, 0.1) is 0 Å². The number of rotatable bonds is 5. The summed E-state index contributed by atoms with van der Waals surface area (Å²) in [5, 5.41) is 3.35. The van der Waals surface area contributed by atoms with Crippen LogP contribution in [0, 0.1) is 11.6 Å². The van der Waals surface area contributed by atoms with Gasteiger partial charge in [-0.2, -0.15) is 0 Å². The van der Waals surface area contributed by atoms with E-state index in [4.69, 9.17) is 0 Å². The number of halogens is 2. The van der Waals surface area contributed by atoms with Crippen LogP contribution in [0.5, 0.6) is 0 Å². The molecule has 0 heterocycles. The van der Waals surface area contributed by atoms with Crippen LogP contribution in [0.1, 0.15) is 25.5 Å². The summed E-state index contributed by atoms with van der Waals surface area (Å²) < 4.78 is 26.0. The van der Waals surface area contributed by atoms with E-state index in [0.717, 1.165) is 17.5 Å². The van der Waals surface area contributed by atoms with E-state index in [2.05, 4.69) is 31.3 Å². The number of nitrogens with one attached hydrogen (secondary N) is 1. The molecule has 0 aliphatic rings. The van der Waals surface area contributed by atoms with Crippen molar-refractivity contribution in [3.05, 3.63) is 59.7 Å². The van der Waals surface area contributed by atoms with Crippen LogP contribution in [0.2, 0.25) is 0 Å². The van der Waals surface area contributed by atoms with Crippen molar-refractivity contribution in [2.24, 2.45) is 0 Å². The highest BCUT2D eigenvalue weighted by atomic mass is 32.2. The van der Waals surface area contributed by atoms with Gasteiger partial charge in [-0.3, -0.25) is 0 Å². The first kappa shape index (κ1) is 15.0. The van der Waals surface area contributed by atoms with Gasteiger partial charge in [-0.15, -0.1) is 0 Å². The lowest BCUT2D eigenvalue weighted by atomic mass is 10.1. The molecule has 2 aromatic rings. The van der Waals surface area contributed by atoms with E-state index < -0.39 is 11.6 Å². The molecule has 0 radical (unpaired) electrons. The van der Waals surface area contributed by atoms with Gasteiger partial charge in [0.15, 0.2) is 11.6 Å². The van der Waals surface area contributed by atoms with E-state index in [0.29, 0.717) is 10.9 Å². The zero-order valence-electron chi connectivity index (χ0n) is 11.5. The van der Waals surface area contributed by atoms with Gasteiger partial charge in [-0.25, -0.2) is 8.78 Å². The van der Waals surface area contributed by atoms with Gasteiger partial charge in [-0.05, 0) is 49.4 Å². The Kier molecular flexibility index (Phi) is 5.15. The molecule has 0 saturated carbocycles. The molecule has 0 bridgehead atoms. The first-order valence-corrected chi connectivity index (χ1v) is 7.38. The largest absolute Gasteiger partial charge is 0.310 e. The van der Waals surface area contributed by atoms with Gasteiger partial charge < -0.3 is 5.32 Å². The smallest absolute Gasteiger partial charge is 0.159 e. The summed E-state index contributed by atoms with van der Waals surface area (Å²) in [6.45, 7) is 5.11. The molecule has 0 fully saturated rings. The van der Waals surface area contributed by atoms with E-state index in [-0.39, 0.29) is 0 Å². The van der Waals surface area contributed by atoms with Crippen LogP contribution < -0.4 is 5.32 Å². The van der Waals surface area contributed by atoms with Crippen molar-refractivity contribution < 1.29 is 8.78 Å². The molecule has 1 N–H and O–H groups in total. The molecule has 0 aliphatic carbocycles. The minimum atomic E-state index is -0.816. The Morgan fingerprint density at radius 2 is 1.65 bits per heavy atom. The maximum atomic E-state index is 13.1. The Labute approximate surface area is 122 Å². The van der Waals surface area contributed by atoms with Gasteiger partial charge in [0.25, 0.3) is 0 Å². The van der Waals surface area contributed by atoms with Crippen LogP contribution in [0.25, 0.3) is 0 Å². The molecular weight excluding hydrogens is 276 g/mol. The third kappa shape index (κ3) is 3.81. The lowest BCUT2D eigenvalue weighted by molar-refractivity contribution is 0.506. The fourth-order valence-electron chi connectivity index (χ4n) is 1.93. The minimum Gasteiger partial charge on any atom is -0.310 e. The summed E-state index contributed by atoms with van der Waals surface area (Å²) in [6, 6.07) is 12.4. The first-order chi connectivity index (χ1) is 9.60. The molecule has 106 valence electrons. The Hall–Kier alpha value is -1.39. The fourth-order valence-corrected chi connectivity index (χ4v) is 2.77. The second-order valence-electron chi connectivity index (χ2n) is 4.53. The molecule has 1 atom stereocenters. The quantitative estimate of drug-likeness (QED) is 0.851. The Morgan fingerprint density at radius 1 is 1.00 bits per heavy atom. The molecule has 20 heavy (non-hydrogen) atoms. The van der Waals surface area contributed by atoms with E-state index in [1.54, 1.807) is 6.07 Å². The normalized spacial score (nSPS) is 12.4. The summed E-state index contributed by atoms with van der Waals surface area (Å²) in [4.78, 5) is 1.69. The van der Waals surface area contributed by atoms with E-state index in [1.807, 2.05) is 12.1 Å². The van der Waals surface area contributed by atoms with Crippen LogP contribution in [0.15, 0.2) is 52.3 Å². The molecule has 0 amide bonds. The monoisotopic (exact) mass is 293 g/mol. The summed E-state index contributed by atoms with van der Waals surface area (Å²) in [7, 11) is 0. The SMILES string of the molecule is CCNC(C)c1ccc(Sc2ccc(F)c(F)c2)cc1. The number of hydrogen-bond acceptors (Lipinski definition) is 2. The van der Waals surface area contributed by atoms with Crippen molar-refractivity contribution in [1.82, 2.24) is 5.32 Å². The third-order valence-electron chi connectivity index (χ3n) is 3.02. The lowest BCUT2D eigenvalue weighted by Crippen LogP contribution is -2.17. The number of hydrogen-bond donors (Lipinski definition) is 1. The van der Waals surface area contributed by atoms with Crippen LogP contribution in [-0.2, 0) is 0 Å². The molecule has 2 rings (SSSR count). The van der Waals surface area contributed by atoms with Crippen molar-refractivity contribution in [3.8, 4) is 0 Å². The highest BCUT2D eigenvalue weighted by Gasteiger charge is 2.06. The van der Waals surface area contributed by atoms with Crippen LogP contribution >= 0.6 is 11.8 Å². The summed E-state index contributed by atoms with van der Waals surface area (Å²) >= 11 is 1.42. The van der Waals surface area contributed by atoms with Crippen molar-refractivity contribution >= 4 is 11.8 Å². The average molecular weight is 293 g/mol. The average Bonchev–Trinajstić information content (AvgIpc) is 2.44. The molecule has 1 nitrogen and oxygen atoms in total. The summed E-state index contributed by atoms with van der Waals surface area (Å²) in [6.07, 6.45) is 0. The minimum absolute atomic E-state index is 0.308. The molecule has 0 saturated heterocycles. The second-order valence-corrected chi connectivity index (χ2v) is 5.67. The van der Waals surface area contributed by atoms with Crippen molar-refractivity contribution in [2.45, 2.75) is 29.7 Å². The fraction of sp³-hybridized carbons (Fsp3) is 0.250. The van der Waals surface area contributed by atoms with Crippen LogP contribution in [0.3, 0.4) is 0 Å². The van der Waals surface area contributed by atoms with Crippen molar-refractivity contribution in [2.75, 3.05) is 6.54 Å². The summed E-state index contributed by atoms with van der Waals surface area (Å²) in [5.41, 5.74) is 1.21. The molecule has 2 aromatic carbocycles. The summed E-state index contributed by atoms with van der Waals surface area (Å²) in [5.74, 6) is -1.63. The molecule has 0 aliphatic heterocycles. The molecule has 1 unspecified atom stereocenters. The predicted molar refractivity (Wildman–Crippen MR) is 79.0 cm³/mol. The van der Waals surface area contributed by atoms with Gasteiger partial charge in [0.2, 0.25) is 0 Å². The Bertz CT molecular complexity index is 569. The van der Waals surface area contributed by atoms with Crippen LogP contribution in [0.4, 0.5) is 8.78 Å². The standard InChI is InChI=1S/C16H17F2NS/c1-3-19-11(2)12-4-6-13(7-5-12)20-14-8-9-15(17)16(18)10-14/h4-11,19H,3H2,1-2H3. The Balaban J connectivity index is 2.08. The second kappa shape index (κ2) is 6.86. The van der Waals surface area contributed by atoms with Crippen LogP contribution in [-0.4, -0.2) is 6.54 Å². The van der Waals surface area contributed by atoms with Gasteiger partial charge in [0.1, 0.15) is 0 Å². The zero-order chi connectivity index (χ0) is 14.5. The first-order valence-electron chi connectivity index (χ1n) is 6.56.